The number of rotatable bonds is 4. The van der Waals surface area contributed by atoms with E-state index in [1.807, 2.05) is 13.2 Å². The van der Waals surface area contributed by atoms with Crippen LogP contribution in [0.2, 0.25) is 0 Å². The minimum Gasteiger partial charge on any atom is -0.319 e. The van der Waals surface area contributed by atoms with E-state index >= 15 is 0 Å². The fourth-order valence-electron chi connectivity index (χ4n) is 3.06. The summed E-state index contributed by atoms with van der Waals surface area (Å²) in [5.41, 5.74) is 1.37. The number of aryl methyl sites for hydroxylation is 1. The molecule has 0 aromatic carbocycles. The van der Waals surface area contributed by atoms with Crippen LogP contribution in [0.4, 0.5) is 0 Å². The minimum atomic E-state index is 0.513. The van der Waals surface area contributed by atoms with E-state index in [1.165, 1.54) is 25.1 Å². The normalized spacial score (nSPS) is 26.3. The molecule has 0 amide bonds. The second kappa shape index (κ2) is 5.65. The Balaban J connectivity index is 2.24. The molecule has 2 heterocycles. The van der Waals surface area contributed by atoms with Gasteiger partial charge in [-0.3, -0.25) is 9.58 Å². The van der Waals surface area contributed by atoms with Crippen LogP contribution < -0.4 is 5.32 Å². The molecule has 0 bridgehead atoms. The van der Waals surface area contributed by atoms with Crippen LogP contribution in [0.5, 0.6) is 0 Å². The summed E-state index contributed by atoms with van der Waals surface area (Å²) in [7, 11) is 4.28. The van der Waals surface area contributed by atoms with E-state index in [4.69, 9.17) is 0 Å². The molecule has 1 aromatic rings. The van der Waals surface area contributed by atoms with Crippen LogP contribution in [0.3, 0.4) is 0 Å². The highest BCUT2D eigenvalue weighted by molar-refractivity contribution is 5.10. The molecule has 1 fully saturated rings. The van der Waals surface area contributed by atoms with E-state index < -0.39 is 0 Å². The Kier molecular flexibility index (Phi) is 4.18. The molecular weight excluding hydrogens is 212 g/mol. The van der Waals surface area contributed by atoms with Gasteiger partial charge in [-0.25, -0.2) is 0 Å². The predicted molar refractivity (Wildman–Crippen MR) is 69.9 cm³/mol. The van der Waals surface area contributed by atoms with Crippen LogP contribution in [0.1, 0.15) is 31.5 Å². The van der Waals surface area contributed by atoms with Crippen molar-refractivity contribution in [2.75, 3.05) is 27.2 Å². The van der Waals surface area contributed by atoms with Gasteiger partial charge in [-0.05, 0) is 58.9 Å². The average molecular weight is 236 g/mol. The topological polar surface area (TPSA) is 33.1 Å². The molecule has 2 atom stereocenters. The molecule has 2 unspecified atom stereocenters. The van der Waals surface area contributed by atoms with Crippen molar-refractivity contribution in [2.45, 2.75) is 32.4 Å². The molecule has 4 nitrogen and oxygen atoms in total. The quantitative estimate of drug-likeness (QED) is 0.860. The Morgan fingerprint density at radius 1 is 1.53 bits per heavy atom. The van der Waals surface area contributed by atoms with Gasteiger partial charge in [-0.1, -0.05) is 0 Å². The van der Waals surface area contributed by atoms with Crippen LogP contribution in [-0.2, 0) is 6.54 Å². The second-order valence-corrected chi connectivity index (χ2v) is 4.96. The summed E-state index contributed by atoms with van der Waals surface area (Å²) in [6, 6.07) is 2.69. The molecule has 4 heteroatoms. The number of nitrogens with one attached hydrogen (secondary N) is 1. The first-order valence-electron chi connectivity index (χ1n) is 6.64. The van der Waals surface area contributed by atoms with Crippen molar-refractivity contribution in [1.82, 2.24) is 20.0 Å². The second-order valence-electron chi connectivity index (χ2n) is 4.96. The Hall–Kier alpha value is -0.870. The van der Waals surface area contributed by atoms with Gasteiger partial charge in [-0.2, -0.15) is 5.10 Å². The lowest BCUT2D eigenvalue weighted by Crippen LogP contribution is -2.40. The Bertz CT molecular complexity index is 345. The molecule has 1 aliphatic heterocycles. The molecule has 0 saturated carbocycles. The van der Waals surface area contributed by atoms with Gasteiger partial charge < -0.3 is 5.32 Å². The standard InChI is InChI=1S/C13H24N4/c1-4-17-12(7-8-15-17)13-11(10-14-2)6-5-9-16(13)3/h7-8,11,13-14H,4-6,9-10H2,1-3H3. The predicted octanol–water partition coefficient (Wildman–Crippen LogP) is 1.51. The maximum Gasteiger partial charge on any atom is 0.0558 e. The Morgan fingerprint density at radius 2 is 2.35 bits per heavy atom. The zero-order valence-electron chi connectivity index (χ0n) is 11.2. The SMILES string of the molecule is CCn1nccc1C1C(CNC)CCCN1C. The smallest absolute Gasteiger partial charge is 0.0558 e. The number of hydrogen-bond acceptors (Lipinski definition) is 3. The van der Waals surface area contributed by atoms with E-state index in [2.05, 4.69) is 40.0 Å². The van der Waals surface area contributed by atoms with Crippen LogP contribution >= 0.6 is 0 Å². The van der Waals surface area contributed by atoms with E-state index in [1.54, 1.807) is 0 Å². The number of aromatic nitrogens is 2. The zero-order valence-corrected chi connectivity index (χ0v) is 11.2. The average Bonchev–Trinajstić information content (AvgIpc) is 2.77. The van der Waals surface area contributed by atoms with Gasteiger partial charge in [0.1, 0.15) is 0 Å². The van der Waals surface area contributed by atoms with Crippen molar-refractivity contribution in [1.29, 1.82) is 0 Å². The lowest BCUT2D eigenvalue weighted by molar-refractivity contribution is 0.113. The molecule has 1 aromatic heterocycles. The highest BCUT2D eigenvalue weighted by Crippen LogP contribution is 2.34. The maximum atomic E-state index is 4.41. The Morgan fingerprint density at radius 3 is 3.06 bits per heavy atom. The molecule has 2 rings (SSSR count). The summed E-state index contributed by atoms with van der Waals surface area (Å²) in [5, 5.41) is 7.74. The highest BCUT2D eigenvalue weighted by atomic mass is 15.3. The summed E-state index contributed by atoms with van der Waals surface area (Å²) in [6.07, 6.45) is 4.54. The molecule has 1 aliphatic rings. The van der Waals surface area contributed by atoms with Crippen molar-refractivity contribution in [2.24, 2.45) is 5.92 Å². The largest absolute Gasteiger partial charge is 0.319 e. The van der Waals surface area contributed by atoms with Crippen LogP contribution in [0, 0.1) is 5.92 Å². The lowest BCUT2D eigenvalue weighted by Gasteiger charge is -2.39. The van der Waals surface area contributed by atoms with Crippen molar-refractivity contribution >= 4 is 0 Å². The molecule has 96 valence electrons. The molecular formula is C13H24N4. The fraction of sp³-hybridized carbons (Fsp3) is 0.769. The minimum absolute atomic E-state index is 0.513. The first-order chi connectivity index (χ1) is 8.27. The van der Waals surface area contributed by atoms with Crippen LogP contribution in [0.15, 0.2) is 12.3 Å². The maximum absolute atomic E-state index is 4.41. The first-order valence-corrected chi connectivity index (χ1v) is 6.64. The van der Waals surface area contributed by atoms with Gasteiger partial charge in [0.15, 0.2) is 0 Å². The number of hydrogen-bond donors (Lipinski definition) is 1. The zero-order chi connectivity index (χ0) is 12.3. The monoisotopic (exact) mass is 236 g/mol. The molecule has 1 saturated heterocycles. The van der Waals surface area contributed by atoms with Gasteiger partial charge in [0, 0.05) is 12.7 Å². The number of likely N-dealkylation sites (tertiary alicyclic amines) is 1. The van der Waals surface area contributed by atoms with Gasteiger partial charge in [0.25, 0.3) is 0 Å². The molecule has 1 N–H and O–H groups in total. The summed E-state index contributed by atoms with van der Waals surface area (Å²) >= 11 is 0. The highest BCUT2D eigenvalue weighted by Gasteiger charge is 2.31. The third-order valence-electron chi connectivity index (χ3n) is 3.83. The van der Waals surface area contributed by atoms with Gasteiger partial charge in [0.2, 0.25) is 0 Å². The number of nitrogens with zero attached hydrogens (tertiary/aromatic N) is 3. The third kappa shape index (κ3) is 2.53. The van der Waals surface area contributed by atoms with Crippen LogP contribution in [0.25, 0.3) is 0 Å². The van der Waals surface area contributed by atoms with Crippen molar-refractivity contribution < 1.29 is 0 Å². The summed E-state index contributed by atoms with van der Waals surface area (Å²) < 4.78 is 2.13. The third-order valence-corrected chi connectivity index (χ3v) is 3.83. The van der Waals surface area contributed by atoms with Gasteiger partial charge in [0.05, 0.1) is 11.7 Å². The van der Waals surface area contributed by atoms with Crippen molar-refractivity contribution in [3.05, 3.63) is 18.0 Å². The van der Waals surface area contributed by atoms with Gasteiger partial charge >= 0.3 is 0 Å². The molecule has 0 radical (unpaired) electrons. The van der Waals surface area contributed by atoms with Gasteiger partial charge in [-0.15, -0.1) is 0 Å². The van der Waals surface area contributed by atoms with Crippen molar-refractivity contribution in [3.8, 4) is 0 Å². The molecule has 0 spiro atoms. The van der Waals surface area contributed by atoms with E-state index in [0.29, 0.717) is 12.0 Å². The Labute approximate surface area is 104 Å². The summed E-state index contributed by atoms with van der Waals surface area (Å²) in [6.45, 7) is 5.40. The summed E-state index contributed by atoms with van der Waals surface area (Å²) in [5.74, 6) is 0.695. The molecule has 17 heavy (non-hydrogen) atoms. The van der Waals surface area contributed by atoms with E-state index in [-0.39, 0.29) is 0 Å². The number of piperidine rings is 1. The van der Waals surface area contributed by atoms with Crippen LogP contribution in [-0.4, -0.2) is 41.9 Å². The first kappa shape index (κ1) is 12.6. The van der Waals surface area contributed by atoms with E-state index in [0.717, 1.165) is 13.1 Å². The summed E-state index contributed by atoms with van der Waals surface area (Å²) in [4.78, 5) is 2.48. The fourth-order valence-corrected chi connectivity index (χ4v) is 3.06. The van der Waals surface area contributed by atoms with E-state index in [9.17, 15) is 0 Å². The molecule has 0 aliphatic carbocycles. The van der Waals surface area contributed by atoms with Crippen molar-refractivity contribution in [3.63, 3.8) is 0 Å². The lowest BCUT2D eigenvalue weighted by atomic mass is 9.87.